The molecule has 20 heavy (non-hydrogen) atoms. The summed E-state index contributed by atoms with van der Waals surface area (Å²) in [6, 6.07) is 0.500. The number of alkyl halides is 4. The fourth-order valence-electron chi connectivity index (χ4n) is 1.39. The van der Waals surface area contributed by atoms with Crippen LogP contribution in [-0.2, 0) is 10.2 Å². The van der Waals surface area contributed by atoms with Gasteiger partial charge in [0.25, 0.3) is 10.2 Å². The number of nitrogens with zero attached hydrogens (tertiary/aromatic N) is 1. The second kappa shape index (κ2) is 7.01. The second-order valence-corrected chi connectivity index (χ2v) is 6.65. The molecule has 0 amide bonds. The molecule has 2 N–H and O–H groups in total. The van der Waals surface area contributed by atoms with Crippen molar-refractivity contribution in [3.63, 3.8) is 0 Å². The Morgan fingerprint density at radius 1 is 1.35 bits per heavy atom. The maximum atomic E-state index is 12.6. The van der Waals surface area contributed by atoms with E-state index in [0.29, 0.717) is 19.0 Å². The molecule has 1 aliphatic rings. The fraction of sp³-hybridized carbons (Fsp3) is 1.00. The van der Waals surface area contributed by atoms with Gasteiger partial charge in [-0.05, 0) is 25.8 Å². The van der Waals surface area contributed by atoms with Crippen LogP contribution < -0.4 is 10.0 Å². The Morgan fingerprint density at radius 3 is 2.45 bits per heavy atom. The van der Waals surface area contributed by atoms with Crippen molar-refractivity contribution in [1.29, 1.82) is 0 Å². The van der Waals surface area contributed by atoms with Gasteiger partial charge in [-0.25, -0.2) is 8.78 Å². The van der Waals surface area contributed by atoms with Crippen LogP contribution in [0.5, 0.6) is 0 Å². The van der Waals surface area contributed by atoms with Gasteiger partial charge < -0.3 is 5.32 Å². The SMILES string of the molecule is CN(CCCNC1CC1)S(=O)(=O)NCC(F)(F)C(F)F. The van der Waals surface area contributed by atoms with Crippen molar-refractivity contribution in [3.05, 3.63) is 0 Å². The second-order valence-electron chi connectivity index (χ2n) is 4.79. The lowest BCUT2D eigenvalue weighted by Crippen LogP contribution is -2.46. The molecule has 10 heteroatoms. The first-order valence-corrected chi connectivity index (χ1v) is 7.69. The van der Waals surface area contributed by atoms with Gasteiger partial charge in [0.05, 0.1) is 6.54 Å². The average molecular weight is 321 g/mol. The number of nitrogens with one attached hydrogen (secondary N) is 2. The Kier molecular flexibility index (Phi) is 6.17. The highest BCUT2D eigenvalue weighted by Gasteiger charge is 2.41. The van der Waals surface area contributed by atoms with Crippen molar-refractivity contribution in [3.8, 4) is 0 Å². The number of halogens is 4. The van der Waals surface area contributed by atoms with Crippen molar-refractivity contribution >= 4 is 10.2 Å². The Labute approximate surface area is 115 Å². The van der Waals surface area contributed by atoms with Crippen LogP contribution in [0.25, 0.3) is 0 Å². The van der Waals surface area contributed by atoms with E-state index in [4.69, 9.17) is 0 Å². The lowest BCUT2D eigenvalue weighted by Gasteiger charge is -2.20. The van der Waals surface area contributed by atoms with Crippen LogP contribution in [0.15, 0.2) is 0 Å². The van der Waals surface area contributed by atoms with Crippen molar-refractivity contribution in [2.24, 2.45) is 0 Å². The normalized spacial score (nSPS) is 17.1. The highest BCUT2D eigenvalue weighted by atomic mass is 32.2. The van der Waals surface area contributed by atoms with E-state index in [9.17, 15) is 26.0 Å². The quantitative estimate of drug-likeness (QED) is 0.462. The zero-order chi connectivity index (χ0) is 15.4. The highest BCUT2D eigenvalue weighted by molar-refractivity contribution is 7.87. The average Bonchev–Trinajstić information content (AvgIpc) is 3.16. The summed E-state index contributed by atoms with van der Waals surface area (Å²) in [4.78, 5) is 0. The molecule has 5 nitrogen and oxygen atoms in total. The first-order chi connectivity index (χ1) is 9.15. The molecule has 0 radical (unpaired) electrons. The Morgan fingerprint density at radius 2 is 1.95 bits per heavy atom. The van der Waals surface area contributed by atoms with Gasteiger partial charge in [-0.2, -0.15) is 26.2 Å². The van der Waals surface area contributed by atoms with E-state index in [0.717, 1.165) is 17.1 Å². The molecule has 0 aromatic rings. The molecule has 0 aromatic carbocycles. The predicted octanol–water partition coefficient (Wildman–Crippen LogP) is 0.795. The zero-order valence-electron chi connectivity index (χ0n) is 11.1. The maximum Gasteiger partial charge on any atom is 0.320 e. The lowest BCUT2D eigenvalue weighted by atomic mass is 10.4. The smallest absolute Gasteiger partial charge is 0.314 e. The third-order valence-corrected chi connectivity index (χ3v) is 4.39. The minimum Gasteiger partial charge on any atom is -0.314 e. The minimum atomic E-state index is -4.37. The van der Waals surface area contributed by atoms with E-state index in [1.165, 1.54) is 11.8 Å². The summed E-state index contributed by atoms with van der Waals surface area (Å²) < 4.78 is 74.5. The maximum absolute atomic E-state index is 12.6. The van der Waals surface area contributed by atoms with Gasteiger partial charge in [0, 0.05) is 19.6 Å². The summed E-state index contributed by atoms with van der Waals surface area (Å²) in [6.07, 6.45) is -1.17. The summed E-state index contributed by atoms with van der Waals surface area (Å²) in [7, 11) is -2.96. The first-order valence-electron chi connectivity index (χ1n) is 6.25. The third kappa shape index (κ3) is 5.90. The van der Waals surface area contributed by atoms with E-state index in [1.54, 1.807) is 0 Å². The van der Waals surface area contributed by atoms with Gasteiger partial charge in [-0.1, -0.05) is 0 Å². The molecule has 1 fully saturated rings. The lowest BCUT2D eigenvalue weighted by molar-refractivity contribution is -0.122. The summed E-state index contributed by atoms with van der Waals surface area (Å²) >= 11 is 0. The van der Waals surface area contributed by atoms with Gasteiger partial charge >= 0.3 is 12.3 Å². The zero-order valence-corrected chi connectivity index (χ0v) is 11.9. The molecule has 0 aliphatic heterocycles. The highest BCUT2D eigenvalue weighted by Crippen LogP contribution is 2.22. The van der Waals surface area contributed by atoms with E-state index in [-0.39, 0.29) is 6.54 Å². The molecule has 0 aromatic heterocycles. The molecular weight excluding hydrogens is 302 g/mol. The molecule has 0 saturated heterocycles. The minimum absolute atomic E-state index is 0.120. The Hall–Kier alpha value is -0.450. The number of hydrogen-bond donors (Lipinski definition) is 2. The molecule has 0 atom stereocenters. The van der Waals surface area contributed by atoms with E-state index >= 15 is 0 Å². The molecule has 0 bridgehead atoms. The molecule has 1 rings (SSSR count). The van der Waals surface area contributed by atoms with Crippen LogP contribution in [0.1, 0.15) is 19.3 Å². The van der Waals surface area contributed by atoms with Crippen molar-refractivity contribution < 1.29 is 26.0 Å². The van der Waals surface area contributed by atoms with E-state index < -0.39 is 29.1 Å². The van der Waals surface area contributed by atoms with Crippen molar-refractivity contribution in [1.82, 2.24) is 14.3 Å². The van der Waals surface area contributed by atoms with Crippen molar-refractivity contribution in [2.45, 2.75) is 37.7 Å². The number of rotatable bonds is 10. The molecule has 120 valence electrons. The summed E-state index contributed by atoms with van der Waals surface area (Å²) in [6.45, 7) is -0.870. The molecule has 0 spiro atoms. The molecule has 1 saturated carbocycles. The first kappa shape index (κ1) is 17.6. The van der Waals surface area contributed by atoms with Gasteiger partial charge in [-0.15, -0.1) is 0 Å². The summed E-state index contributed by atoms with van der Waals surface area (Å²) in [5.74, 6) is -4.37. The van der Waals surface area contributed by atoms with E-state index in [1.807, 2.05) is 0 Å². The monoisotopic (exact) mass is 321 g/mol. The number of hydrogen-bond acceptors (Lipinski definition) is 3. The van der Waals surface area contributed by atoms with Crippen LogP contribution in [0.3, 0.4) is 0 Å². The fourth-order valence-corrected chi connectivity index (χ4v) is 2.35. The molecular formula is C10H19F4N3O2S. The third-order valence-electron chi connectivity index (χ3n) is 2.88. The molecule has 0 unspecified atom stereocenters. The molecule has 0 heterocycles. The predicted molar refractivity (Wildman–Crippen MR) is 66.1 cm³/mol. The van der Waals surface area contributed by atoms with E-state index in [2.05, 4.69) is 5.32 Å². The van der Waals surface area contributed by atoms with Crippen LogP contribution >= 0.6 is 0 Å². The summed E-state index contributed by atoms with van der Waals surface area (Å²) in [5, 5.41) is 3.17. The van der Waals surface area contributed by atoms with Gasteiger partial charge in [-0.3, -0.25) is 0 Å². The molecule has 1 aliphatic carbocycles. The summed E-state index contributed by atoms with van der Waals surface area (Å²) in [5.41, 5.74) is 0. The van der Waals surface area contributed by atoms with Gasteiger partial charge in [0.15, 0.2) is 0 Å². The standard InChI is InChI=1S/C10H19F4N3O2S/c1-17(6-2-5-15-8-3-4-8)20(18,19)16-7-10(13,14)9(11)12/h8-9,15-16H,2-7H2,1H3. The Bertz CT molecular complexity index is 401. The topological polar surface area (TPSA) is 61.4 Å². The van der Waals surface area contributed by atoms with Crippen LogP contribution in [0.4, 0.5) is 17.6 Å². The Balaban J connectivity index is 2.30. The van der Waals surface area contributed by atoms with Crippen LogP contribution in [-0.4, -0.2) is 57.8 Å². The van der Waals surface area contributed by atoms with Crippen molar-refractivity contribution in [2.75, 3.05) is 26.7 Å². The van der Waals surface area contributed by atoms with Crippen LogP contribution in [0, 0.1) is 0 Å². The van der Waals surface area contributed by atoms with Crippen LogP contribution in [0.2, 0.25) is 0 Å². The van der Waals surface area contributed by atoms with Gasteiger partial charge in [0.1, 0.15) is 0 Å². The van der Waals surface area contributed by atoms with Gasteiger partial charge in [0.2, 0.25) is 0 Å². The largest absolute Gasteiger partial charge is 0.320 e.